The molecule has 0 N–H and O–H groups in total. The van der Waals surface area contributed by atoms with Gasteiger partial charge in [0.1, 0.15) is 17.6 Å². The molecule has 23 heavy (non-hydrogen) atoms. The number of nitrogens with zero attached hydrogens (tertiary/aromatic N) is 4. The summed E-state index contributed by atoms with van der Waals surface area (Å²) in [6.07, 6.45) is 3.17. The molecule has 0 aliphatic carbocycles. The first-order chi connectivity index (χ1) is 11.3. The van der Waals surface area contributed by atoms with Crippen molar-refractivity contribution in [3.63, 3.8) is 0 Å². The number of fused-ring (bicyclic) bond motifs is 3. The molecule has 7 nitrogen and oxygen atoms in total. The second-order valence-electron chi connectivity index (χ2n) is 5.31. The molecule has 0 bridgehead atoms. The molecule has 0 aliphatic heterocycles. The predicted molar refractivity (Wildman–Crippen MR) is 83.2 cm³/mol. The van der Waals surface area contributed by atoms with Crippen molar-refractivity contribution in [2.45, 2.75) is 26.3 Å². The van der Waals surface area contributed by atoms with Crippen LogP contribution in [0.5, 0.6) is 0 Å². The van der Waals surface area contributed by atoms with Crippen LogP contribution in [0.4, 0.5) is 0 Å². The molecule has 4 aromatic rings. The van der Waals surface area contributed by atoms with Crippen LogP contribution in [0, 0.1) is 0 Å². The van der Waals surface area contributed by atoms with Crippen LogP contribution in [-0.2, 0) is 13.0 Å². The fraction of sp³-hybridized carbons (Fsp3) is 0.250. The van der Waals surface area contributed by atoms with Gasteiger partial charge in [0, 0.05) is 11.8 Å². The van der Waals surface area contributed by atoms with E-state index in [1.165, 1.54) is 10.9 Å². The van der Waals surface area contributed by atoms with Gasteiger partial charge in [0.05, 0.1) is 6.33 Å². The van der Waals surface area contributed by atoms with Crippen LogP contribution in [0.25, 0.3) is 22.1 Å². The van der Waals surface area contributed by atoms with Gasteiger partial charge in [0.15, 0.2) is 5.82 Å². The van der Waals surface area contributed by atoms with Crippen LogP contribution >= 0.6 is 0 Å². The van der Waals surface area contributed by atoms with Gasteiger partial charge in [0.25, 0.3) is 5.56 Å². The van der Waals surface area contributed by atoms with Gasteiger partial charge >= 0.3 is 0 Å². The van der Waals surface area contributed by atoms with E-state index in [0.29, 0.717) is 22.8 Å². The summed E-state index contributed by atoms with van der Waals surface area (Å²) in [5.74, 6) is 1.03. The van der Waals surface area contributed by atoms with Crippen molar-refractivity contribution in [1.82, 2.24) is 19.7 Å². The van der Waals surface area contributed by atoms with Gasteiger partial charge in [-0.15, -0.1) is 0 Å². The number of furan rings is 1. The Morgan fingerprint density at radius 1 is 1.26 bits per heavy atom. The highest BCUT2D eigenvalue weighted by molar-refractivity contribution is 6.01. The highest BCUT2D eigenvalue weighted by Crippen LogP contribution is 2.24. The van der Waals surface area contributed by atoms with Crippen molar-refractivity contribution in [2.24, 2.45) is 0 Å². The summed E-state index contributed by atoms with van der Waals surface area (Å²) in [5, 5.41) is 4.71. The molecule has 0 saturated carbocycles. The smallest absolute Gasteiger partial charge is 0.297 e. The molecule has 0 amide bonds. The average molecular weight is 310 g/mol. The van der Waals surface area contributed by atoms with Gasteiger partial charge in [-0.3, -0.25) is 9.36 Å². The monoisotopic (exact) mass is 310 g/mol. The van der Waals surface area contributed by atoms with E-state index in [4.69, 9.17) is 8.94 Å². The maximum atomic E-state index is 12.6. The van der Waals surface area contributed by atoms with Gasteiger partial charge in [-0.05, 0) is 18.6 Å². The number of aryl methyl sites for hydroxylation is 1. The largest absolute Gasteiger partial charge is 0.448 e. The lowest BCUT2D eigenvalue weighted by molar-refractivity contribution is 0.364. The molecule has 0 spiro atoms. The maximum Gasteiger partial charge on any atom is 0.297 e. The quantitative estimate of drug-likeness (QED) is 0.575. The number of para-hydroxylation sites is 1. The first kappa shape index (κ1) is 13.7. The van der Waals surface area contributed by atoms with Crippen molar-refractivity contribution in [3.8, 4) is 0 Å². The Kier molecular flexibility index (Phi) is 3.18. The SMILES string of the molecule is CCCc1noc(Cn2cnc3c(oc4ccccc43)c2=O)n1. The van der Waals surface area contributed by atoms with Crippen LogP contribution in [0.1, 0.15) is 25.1 Å². The lowest BCUT2D eigenvalue weighted by atomic mass is 10.2. The molecular weight excluding hydrogens is 296 g/mol. The predicted octanol–water partition coefficient (Wildman–Crippen LogP) is 2.53. The van der Waals surface area contributed by atoms with Gasteiger partial charge in [-0.25, -0.2) is 4.98 Å². The lowest BCUT2D eigenvalue weighted by Gasteiger charge is -2.00. The number of benzene rings is 1. The third-order valence-electron chi connectivity index (χ3n) is 3.64. The zero-order valence-electron chi connectivity index (χ0n) is 12.5. The molecule has 0 fully saturated rings. The van der Waals surface area contributed by atoms with Gasteiger partial charge in [-0.1, -0.05) is 24.2 Å². The lowest BCUT2D eigenvalue weighted by Crippen LogP contribution is -2.20. The average Bonchev–Trinajstić information content (AvgIpc) is 3.15. The van der Waals surface area contributed by atoms with E-state index in [1.54, 1.807) is 0 Å². The summed E-state index contributed by atoms with van der Waals surface area (Å²) >= 11 is 0. The standard InChI is InChI=1S/C16H14N4O3/c1-2-5-12-18-13(23-19-12)8-20-9-17-14-10-6-3-4-7-11(10)22-15(14)16(20)21/h3-4,6-7,9H,2,5,8H2,1H3. The van der Waals surface area contributed by atoms with Crippen molar-refractivity contribution in [1.29, 1.82) is 0 Å². The number of hydrogen-bond acceptors (Lipinski definition) is 6. The van der Waals surface area contributed by atoms with Crippen molar-refractivity contribution >= 4 is 22.1 Å². The molecule has 4 rings (SSSR count). The minimum atomic E-state index is -0.263. The van der Waals surface area contributed by atoms with E-state index in [1.807, 2.05) is 31.2 Å². The summed E-state index contributed by atoms with van der Waals surface area (Å²) in [5.41, 5.74) is 1.19. The molecule has 116 valence electrons. The Balaban J connectivity index is 1.76. The van der Waals surface area contributed by atoms with E-state index in [2.05, 4.69) is 15.1 Å². The first-order valence-corrected chi connectivity index (χ1v) is 7.44. The molecule has 0 atom stereocenters. The van der Waals surface area contributed by atoms with Crippen molar-refractivity contribution in [2.75, 3.05) is 0 Å². The van der Waals surface area contributed by atoms with E-state index in [0.717, 1.165) is 18.2 Å². The van der Waals surface area contributed by atoms with Crippen LogP contribution in [-0.4, -0.2) is 19.7 Å². The van der Waals surface area contributed by atoms with Crippen LogP contribution in [0.2, 0.25) is 0 Å². The Labute approximate surface area is 130 Å². The molecule has 0 unspecified atom stereocenters. The van der Waals surface area contributed by atoms with E-state index in [9.17, 15) is 4.79 Å². The third kappa shape index (κ3) is 2.30. The second kappa shape index (κ2) is 5.35. The van der Waals surface area contributed by atoms with Crippen LogP contribution < -0.4 is 5.56 Å². The van der Waals surface area contributed by atoms with Crippen molar-refractivity contribution < 1.29 is 8.94 Å². The summed E-state index contributed by atoms with van der Waals surface area (Å²) in [6.45, 7) is 2.22. The molecular formula is C16H14N4O3. The van der Waals surface area contributed by atoms with E-state index < -0.39 is 0 Å². The highest BCUT2D eigenvalue weighted by Gasteiger charge is 2.14. The van der Waals surface area contributed by atoms with E-state index in [-0.39, 0.29) is 17.7 Å². The van der Waals surface area contributed by atoms with Gasteiger partial charge < -0.3 is 8.94 Å². The zero-order valence-corrected chi connectivity index (χ0v) is 12.5. The fourth-order valence-corrected chi connectivity index (χ4v) is 2.55. The maximum absolute atomic E-state index is 12.6. The van der Waals surface area contributed by atoms with Crippen LogP contribution in [0.3, 0.4) is 0 Å². The highest BCUT2D eigenvalue weighted by atomic mass is 16.5. The van der Waals surface area contributed by atoms with Crippen LogP contribution in [0.15, 0.2) is 44.3 Å². The minimum Gasteiger partial charge on any atom is -0.448 e. The summed E-state index contributed by atoms with van der Waals surface area (Å²) in [6, 6.07) is 7.44. The minimum absolute atomic E-state index is 0.176. The Hall–Kier alpha value is -2.96. The number of aromatic nitrogens is 4. The molecule has 0 aliphatic rings. The summed E-state index contributed by atoms with van der Waals surface area (Å²) in [7, 11) is 0. The summed E-state index contributed by atoms with van der Waals surface area (Å²) in [4.78, 5) is 21.2. The third-order valence-corrected chi connectivity index (χ3v) is 3.64. The Morgan fingerprint density at radius 2 is 2.13 bits per heavy atom. The second-order valence-corrected chi connectivity index (χ2v) is 5.31. The Bertz CT molecular complexity index is 1040. The van der Waals surface area contributed by atoms with Gasteiger partial charge in [-0.2, -0.15) is 4.98 Å². The Morgan fingerprint density at radius 3 is 3.00 bits per heavy atom. The number of hydrogen-bond donors (Lipinski definition) is 0. The first-order valence-electron chi connectivity index (χ1n) is 7.44. The normalized spacial score (nSPS) is 11.5. The zero-order chi connectivity index (χ0) is 15.8. The fourth-order valence-electron chi connectivity index (χ4n) is 2.55. The molecule has 0 saturated heterocycles. The molecule has 3 heterocycles. The van der Waals surface area contributed by atoms with Crippen molar-refractivity contribution in [3.05, 3.63) is 52.7 Å². The molecule has 3 aromatic heterocycles. The number of rotatable bonds is 4. The molecule has 1 aromatic carbocycles. The summed E-state index contributed by atoms with van der Waals surface area (Å²) < 4.78 is 12.2. The topological polar surface area (TPSA) is 87.0 Å². The molecule has 7 heteroatoms. The molecule has 0 radical (unpaired) electrons. The van der Waals surface area contributed by atoms with E-state index >= 15 is 0 Å². The van der Waals surface area contributed by atoms with Gasteiger partial charge in [0.2, 0.25) is 11.5 Å².